The second-order valence-electron chi connectivity index (χ2n) is 7.62. The molecule has 0 saturated carbocycles. The van der Waals surface area contributed by atoms with Gasteiger partial charge < -0.3 is 5.32 Å². The molecule has 1 unspecified atom stereocenters. The number of hydrogen-bond donors (Lipinski definition) is 1. The fraction of sp³-hybridized carbons (Fsp3) is 0.304. The number of nitrogens with one attached hydrogen (secondary N) is 1. The van der Waals surface area contributed by atoms with Crippen LogP contribution in [0.3, 0.4) is 0 Å². The van der Waals surface area contributed by atoms with Crippen LogP contribution in [0.4, 0.5) is 5.69 Å². The van der Waals surface area contributed by atoms with Crippen molar-refractivity contribution >= 4 is 44.9 Å². The lowest BCUT2D eigenvalue weighted by molar-refractivity contribution is -0.113. The minimum Gasteiger partial charge on any atom is -0.324 e. The van der Waals surface area contributed by atoms with Crippen LogP contribution in [0.15, 0.2) is 46.9 Å². The van der Waals surface area contributed by atoms with Crippen LogP contribution >= 0.6 is 23.1 Å². The molecule has 1 atom stereocenters. The number of benzene rings is 1. The number of allylic oxidation sites excluding steroid dienone is 1. The van der Waals surface area contributed by atoms with E-state index in [0.717, 1.165) is 35.0 Å². The SMILES string of the molecule is C=CCn1c(SCC(=O)Nc2ccccc2C#N)nc2sc3c(c2c1=O)CCC(C)C3. The second kappa shape index (κ2) is 9.08. The summed E-state index contributed by atoms with van der Waals surface area (Å²) in [5, 5.41) is 13.2. The molecule has 0 radical (unpaired) electrons. The lowest BCUT2D eigenvalue weighted by Crippen LogP contribution is -2.24. The monoisotopic (exact) mass is 450 g/mol. The predicted molar refractivity (Wildman–Crippen MR) is 126 cm³/mol. The largest absolute Gasteiger partial charge is 0.324 e. The summed E-state index contributed by atoms with van der Waals surface area (Å²) >= 11 is 2.82. The minimum atomic E-state index is -0.258. The van der Waals surface area contributed by atoms with Crippen molar-refractivity contribution in [1.29, 1.82) is 5.26 Å². The molecule has 0 saturated heterocycles. The van der Waals surface area contributed by atoms with Gasteiger partial charge in [-0.1, -0.05) is 36.9 Å². The van der Waals surface area contributed by atoms with Crippen molar-refractivity contribution < 1.29 is 4.79 Å². The number of anilines is 1. The Kier molecular flexibility index (Phi) is 6.25. The molecule has 0 aliphatic heterocycles. The summed E-state index contributed by atoms with van der Waals surface area (Å²) in [5.74, 6) is 0.438. The van der Waals surface area contributed by atoms with E-state index in [1.807, 2.05) is 0 Å². The highest BCUT2D eigenvalue weighted by molar-refractivity contribution is 7.99. The molecule has 1 aliphatic rings. The highest BCUT2D eigenvalue weighted by Gasteiger charge is 2.24. The summed E-state index contributed by atoms with van der Waals surface area (Å²) in [6.45, 7) is 6.34. The van der Waals surface area contributed by atoms with Crippen LogP contribution in [0.1, 0.15) is 29.3 Å². The molecule has 0 bridgehead atoms. The van der Waals surface area contributed by atoms with E-state index in [1.165, 1.54) is 16.6 Å². The van der Waals surface area contributed by atoms with Crippen molar-refractivity contribution in [3.8, 4) is 6.07 Å². The average Bonchev–Trinajstić information content (AvgIpc) is 3.12. The number of aromatic nitrogens is 2. The molecule has 1 aliphatic carbocycles. The van der Waals surface area contributed by atoms with Gasteiger partial charge in [0, 0.05) is 11.4 Å². The van der Waals surface area contributed by atoms with Crippen LogP contribution in [0.2, 0.25) is 0 Å². The number of amides is 1. The van der Waals surface area contributed by atoms with E-state index in [0.29, 0.717) is 28.9 Å². The van der Waals surface area contributed by atoms with Gasteiger partial charge in [-0.2, -0.15) is 5.26 Å². The van der Waals surface area contributed by atoms with Crippen LogP contribution in [-0.2, 0) is 24.2 Å². The summed E-state index contributed by atoms with van der Waals surface area (Å²) in [5.41, 5.74) is 1.97. The molecule has 2 heterocycles. The van der Waals surface area contributed by atoms with Gasteiger partial charge in [0.2, 0.25) is 5.91 Å². The van der Waals surface area contributed by atoms with Crippen molar-refractivity contribution in [2.75, 3.05) is 11.1 Å². The van der Waals surface area contributed by atoms with Gasteiger partial charge in [-0.05, 0) is 42.9 Å². The van der Waals surface area contributed by atoms with Gasteiger partial charge in [0.1, 0.15) is 10.9 Å². The van der Waals surface area contributed by atoms with Gasteiger partial charge in [0.25, 0.3) is 5.56 Å². The molecule has 3 aromatic rings. The van der Waals surface area contributed by atoms with Gasteiger partial charge in [-0.3, -0.25) is 14.2 Å². The molecule has 2 aromatic heterocycles. The van der Waals surface area contributed by atoms with E-state index >= 15 is 0 Å². The number of thioether (sulfide) groups is 1. The Labute approximate surface area is 188 Å². The number of nitriles is 1. The number of carbonyl (C=O) groups is 1. The Morgan fingerprint density at radius 2 is 2.29 bits per heavy atom. The quantitative estimate of drug-likeness (QED) is 0.342. The topological polar surface area (TPSA) is 87.8 Å². The van der Waals surface area contributed by atoms with Crippen molar-refractivity contribution in [2.24, 2.45) is 5.92 Å². The van der Waals surface area contributed by atoms with Crippen molar-refractivity contribution in [1.82, 2.24) is 9.55 Å². The maximum absolute atomic E-state index is 13.3. The lowest BCUT2D eigenvalue weighted by atomic mass is 9.89. The fourth-order valence-electron chi connectivity index (χ4n) is 3.81. The highest BCUT2D eigenvalue weighted by atomic mass is 32.2. The molecule has 158 valence electrons. The standard InChI is InChI=1S/C23H22N4O2S2/c1-3-10-27-22(29)20-16-9-8-14(2)11-18(16)31-21(20)26-23(27)30-13-19(28)25-17-7-5-4-6-15(17)12-24/h3-7,14H,1,8-11,13H2,2H3,(H,25,28). The Hall–Kier alpha value is -2.89. The predicted octanol–water partition coefficient (Wildman–Crippen LogP) is 4.37. The lowest BCUT2D eigenvalue weighted by Gasteiger charge is -2.17. The van der Waals surface area contributed by atoms with Crippen LogP contribution in [-0.4, -0.2) is 21.2 Å². The molecule has 1 N–H and O–H groups in total. The molecule has 0 fully saturated rings. The Morgan fingerprint density at radius 3 is 3.06 bits per heavy atom. The number of hydrogen-bond acceptors (Lipinski definition) is 6. The minimum absolute atomic E-state index is 0.0605. The molecule has 6 nitrogen and oxygen atoms in total. The van der Waals surface area contributed by atoms with Gasteiger partial charge in [-0.25, -0.2) is 4.98 Å². The van der Waals surface area contributed by atoms with E-state index in [-0.39, 0.29) is 17.2 Å². The first kappa shape index (κ1) is 21.3. The number of rotatable bonds is 6. The van der Waals surface area contributed by atoms with Gasteiger partial charge in [-0.15, -0.1) is 17.9 Å². The molecule has 31 heavy (non-hydrogen) atoms. The van der Waals surface area contributed by atoms with Crippen molar-refractivity contribution in [3.05, 3.63) is 63.3 Å². The molecule has 0 spiro atoms. The number of nitrogens with zero attached hydrogens (tertiary/aromatic N) is 3. The maximum Gasteiger partial charge on any atom is 0.263 e. The normalized spacial score (nSPS) is 15.3. The van der Waals surface area contributed by atoms with Crippen LogP contribution in [0, 0.1) is 17.2 Å². The summed E-state index contributed by atoms with van der Waals surface area (Å²) < 4.78 is 1.60. The van der Waals surface area contributed by atoms with Crippen LogP contribution in [0.5, 0.6) is 0 Å². The number of thiophene rings is 1. The molecular weight excluding hydrogens is 428 g/mol. The van der Waals surface area contributed by atoms with Gasteiger partial charge in [0.15, 0.2) is 5.16 Å². The zero-order valence-electron chi connectivity index (χ0n) is 17.2. The van der Waals surface area contributed by atoms with E-state index in [1.54, 1.807) is 46.2 Å². The smallest absolute Gasteiger partial charge is 0.263 e. The maximum atomic E-state index is 13.3. The van der Waals surface area contributed by atoms with Crippen molar-refractivity contribution in [2.45, 2.75) is 37.9 Å². The van der Waals surface area contributed by atoms with E-state index in [4.69, 9.17) is 4.98 Å². The highest BCUT2D eigenvalue weighted by Crippen LogP contribution is 2.36. The molecule has 8 heteroatoms. The number of fused-ring (bicyclic) bond motifs is 3. The molecule has 1 amide bonds. The van der Waals surface area contributed by atoms with Crippen LogP contribution < -0.4 is 10.9 Å². The van der Waals surface area contributed by atoms with Gasteiger partial charge in [0.05, 0.1) is 22.4 Å². The first-order valence-electron chi connectivity index (χ1n) is 10.1. The Balaban J connectivity index is 1.62. The average molecular weight is 451 g/mol. The van der Waals surface area contributed by atoms with Crippen LogP contribution in [0.25, 0.3) is 10.2 Å². The van der Waals surface area contributed by atoms with E-state index in [2.05, 4.69) is 24.9 Å². The zero-order chi connectivity index (χ0) is 22.0. The second-order valence-corrected chi connectivity index (χ2v) is 9.65. The Morgan fingerprint density at radius 1 is 1.48 bits per heavy atom. The fourth-order valence-corrected chi connectivity index (χ4v) is 6.04. The molecule has 4 rings (SSSR count). The first-order chi connectivity index (χ1) is 15.0. The van der Waals surface area contributed by atoms with E-state index < -0.39 is 0 Å². The summed E-state index contributed by atoms with van der Waals surface area (Å²) in [4.78, 5) is 32.6. The third kappa shape index (κ3) is 4.29. The van der Waals surface area contributed by atoms with E-state index in [9.17, 15) is 14.9 Å². The van der Waals surface area contributed by atoms with Gasteiger partial charge >= 0.3 is 0 Å². The number of carbonyl (C=O) groups excluding carboxylic acids is 1. The third-order valence-electron chi connectivity index (χ3n) is 5.35. The Bertz CT molecular complexity index is 1270. The third-order valence-corrected chi connectivity index (χ3v) is 7.47. The summed E-state index contributed by atoms with van der Waals surface area (Å²) in [6.07, 6.45) is 4.65. The number of aryl methyl sites for hydroxylation is 1. The zero-order valence-corrected chi connectivity index (χ0v) is 18.8. The molecule has 1 aromatic carbocycles. The first-order valence-corrected chi connectivity index (χ1v) is 11.9. The summed E-state index contributed by atoms with van der Waals surface area (Å²) in [6, 6.07) is 8.92. The molecular formula is C23H22N4O2S2. The number of para-hydroxylation sites is 1. The summed E-state index contributed by atoms with van der Waals surface area (Å²) in [7, 11) is 0. The van der Waals surface area contributed by atoms with Crippen molar-refractivity contribution in [3.63, 3.8) is 0 Å².